The van der Waals surface area contributed by atoms with Gasteiger partial charge in [0.2, 0.25) is 10.0 Å². The van der Waals surface area contributed by atoms with Gasteiger partial charge in [-0.15, -0.1) is 0 Å². The van der Waals surface area contributed by atoms with Crippen molar-refractivity contribution in [2.24, 2.45) is 0 Å². The zero-order valence-electron chi connectivity index (χ0n) is 15.1. The third-order valence-corrected chi connectivity index (χ3v) is 6.72. The molecule has 27 heavy (non-hydrogen) atoms. The molecule has 7 nitrogen and oxygen atoms in total. The van der Waals surface area contributed by atoms with Gasteiger partial charge in [0.1, 0.15) is 5.82 Å². The molecule has 1 aromatic heterocycles. The van der Waals surface area contributed by atoms with Crippen molar-refractivity contribution >= 4 is 10.0 Å². The molecular weight excluding hydrogens is 373 g/mol. The molecule has 0 aliphatic heterocycles. The maximum Gasteiger partial charge on any atom is 0.328 e. The van der Waals surface area contributed by atoms with Gasteiger partial charge >= 0.3 is 5.69 Å². The highest BCUT2D eigenvalue weighted by Gasteiger charge is 2.22. The van der Waals surface area contributed by atoms with Gasteiger partial charge < -0.3 is 0 Å². The zero-order chi connectivity index (χ0) is 19.6. The zero-order valence-corrected chi connectivity index (χ0v) is 15.9. The molecule has 0 amide bonds. The first-order valence-corrected chi connectivity index (χ1v) is 10.3. The molecule has 3 rings (SSSR count). The maximum atomic E-state index is 13.3. The van der Waals surface area contributed by atoms with Crippen LogP contribution in [0.2, 0.25) is 0 Å². The number of sulfonamides is 1. The molecule has 1 aromatic carbocycles. The average Bonchev–Trinajstić information content (AvgIpc) is 2.64. The number of aromatic amines is 1. The van der Waals surface area contributed by atoms with E-state index in [-0.39, 0.29) is 17.0 Å². The number of fused-ring (bicyclic) bond motifs is 1. The minimum atomic E-state index is -3.80. The first-order chi connectivity index (χ1) is 12.8. The topological polar surface area (TPSA) is 92.2 Å². The predicted octanol–water partition coefficient (Wildman–Crippen LogP) is 1.27. The molecule has 0 saturated carbocycles. The number of H-pyrrole nitrogens is 1. The van der Waals surface area contributed by atoms with Gasteiger partial charge in [-0.1, -0.05) is 6.07 Å². The van der Waals surface area contributed by atoms with Crippen LogP contribution in [-0.2, 0) is 29.4 Å². The van der Waals surface area contributed by atoms with Gasteiger partial charge in [-0.25, -0.2) is 21.9 Å². The summed E-state index contributed by atoms with van der Waals surface area (Å²) in [4.78, 5) is 26.4. The molecule has 1 aliphatic carbocycles. The van der Waals surface area contributed by atoms with Crippen molar-refractivity contribution < 1.29 is 12.8 Å². The molecule has 1 heterocycles. The Bertz CT molecular complexity index is 1060. The Morgan fingerprint density at radius 1 is 1.22 bits per heavy atom. The van der Waals surface area contributed by atoms with Crippen LogP contribution in [0.4, 0.5) is 4.39 Å². The van der Waals surface area contributed by atoms with Crippen LogP contribution >= 0.6 is 0 Å². The van der Waals surface area contributed by atoms with E-state index in [1.165, 1.54) is 25.2 Å². The van der Waals surface area contributed by atoms with Gasteiger partial charge in [0, 0.05) is 31.4 Å². The smallest absolute Gasteiger partial charge is 0.297 e. The van der Waals surface area contributed by atoms with Gasteiger partial charge in [0.05, 0.1) is 4.90 Å². The van der Waals surface area contributed by atoms with Crippen molar-refractivity contribution in [3.8, 4) is 0 Å². The summed E-state index contributed by atoms with van der Waals surface area (Å²) in [6.45, 7) is 0.472. The molecule has 0 spiro atoms. The van der Waals surface area contributed by atoms with Crippen LogP contribution in [0.15, 0.2) is 38.8 Å². The highest BCUT2D eigenvalue weighted by molar-refractivity contribution is 7.89. The first kappa shape index (κ1) is 19.5. The molecule has 1 aliphatic rings. The summed E-state index contributed by atoms with van der Waals surface area (Å²) in [5.41, 5.74) is 0.625. The SMILES string of the molecule is CN(CCCn1c2c(c(=O)[nH]c1=O)CCCC2)S(=O)(=O)c1cccc(F)c1. The van der Waals surface area contributed by atoms with Gasteiger partial charge in [0.25, 0.3) is 5.56 Å². The lowest BCUT2D eigenvalue weighted by molar-refractivity contribution is 0.435. The lowest BCUT2D eigenvalue weighted by Crippen LogP contribution is -2.37. The van der Waals surface area contributed by atoms with Crippen molar-refractivity contribution in [1.82, 2.24) is 13.9 Å². The molecule has 0 unspecified atom stereocenters. The Balaban J connectivity index is 1.73. The second-order valence-electron chi connectivity index (χ2n) is 6.68. The highest BCUT2D eigenvalue weighted by Crippen LogP contribution is 2.18. The Labute approximate surface area is 156 Å². The summed E-state index contributed by atoms with van der Waals surface area (Å²) in [7, 11) is -2.38. The molecule has 1 N–H and O–H groups in total. The molecule has 0 bridgehead atoms. The second kappa shape index (κ2) is 7.77. The minimum absolute atomic E-state index is 0.108. The van der Waals surface area contributed by atoms with E-state index in [0.717, 1.165) is 28.9 Å². The van der Waals surface area contributed by atoms with E-state index in [9.17, 15) is 22.4 Å². The van der Waals surface area contributed by atoms with Crippen LogP contribution in [0.25, 0.3) is 0 Å². The Kier molecular flexibility index (Phi) is 5.61. The normalized spacial score (nSPS) is 14.3. The number of hydrogen-bond donors (Lipinski definition) is 1. The second-order valence-corrected chi connectivity index (χ2v) is 8.73. The van der Waals surface area contributed by atoms with Crippen LogP contribution in [0.5, 0.6) is 0 Å². The molecule has 0 fully saturated rings. The molecule has 0 atom stereocenters. The fraction of sp³-hybridized carbons (Fsp3) is 0.444. The summed E-state index contributed by atoms with van der Waals surface area (Å²) in [6.07, 6.45) is 3.56. The van der Waals surface area contributed by atoms with Gasteiger partial charge in [-0.05, 0) is 50.3 Å². The van der Waals surface area contributed by atoms with Gasteiger partial charge in [-0.3, -0.25) is 14.3 Å². The van der Waals surface area contributed by atoms with Crippen LogP contribution in [0, 0.1) is 5.82 Å². The average molecular weight is 395 g/mol. The quantitative estimate of drug-likeness (QED) is 0.797. The summed E-state index contributed by atoms with van der Waals surface area (Å²) >= 11 is 0. The molecular formula is C18H22FN3O4S. The van der Waals surface area contributed by atoms with Crippen LogP contribution in [0.3, 0.4) is 0 Å². The largest absolute Gasteiger partial charge is 0.328 e. The molecule has 2 aromatic rings. The molecule has 146 valence electrons. The third kappa shape index (κ3) is 4.03. The Hall–Kier alpha value is -2.26. The predicted molar refractivity (Wildman–Crippen MR) is 98.8 cm³/mol. The van der Waals surface area contributed by atoms with Gasteiger partial charge in [0.15, 0.2) is 0 Å². The third-order valence-electron chi connectivity index (χ3n) is 4.86. The number of hydrogen-bond acceptors (Lipinski definition) is 4. The first-order valence-electron chi connectivity index (χ1n) is 8.87. The van der Waals surface area contributed by atoms with Crippen molar-refractivity contribution in [1.29, 1.82) is 0 Å². The standard InChI is InChI=1S/C18H22FN3O4S/c1-21(27(25,26)14-7-4-6-13(19)12-14)10-5-11-22-16-9-3-2-8-15(16)17(23)20-18(22)24/h4,6-7,12H,2-3,5,8-11H2,1H3,(H,20,23,24). The lowest BCUT2D eigenvalue weighted by Gasteiger charge is -2.21. The van der Waals surface area contributed by atoms with E-state index in [1.54, 1.807) is 4.57 Å². The van der Waals surface area contributed by atoms with E-state index in [1.807, 2.05) is 0 Å². The summed E-state index contributed by atoms with van der Waals surface area (Å²) in [6, 6.07) is 4.86. The molecule has 0 radical (unpaired) electrons. The van der Waals surface area contributed by atoms with Crippen LogP contribution in [-0.4, -0.2) is 35.9 Å². The summed E-state index contributed by atoms with van der Waals surface area (Å²) < 4.78 is 41.0. The summed E-state index contributed by atoms with van der Waals surface area (Å²) in [5.74, 6) is -0.615. The van der Waals surface area contributed by atoms with Gasteiger partial charge in [-0.2, -0.15) is 0 Å². The fourth-order valence-corrected chi connectivity index (χ4v) is 4.65. The monoisotopic (exact) mass is 395 g/mol. The fourth-order valence-electron chi connectivity index (χ4n) is 3.41. The van der Waals surface area contributed by atoms with Crippen molar-refractivity contribution in [3.05, 3.63) is 62.2 Å². The number of rotatable bonds is 6. The summed E-state index contributed by atoms with van der Waals surface area (Å²) in [5, 5.41) is 0. The minimum Gasteiger partial charge on any atom is -0.297 e. The molecule has 0 saturated heterocycles. The Morgan fingerprint density at radius 2 is 1.96 bits per heavy atom. The van der Waals surface area contributed by atoms with E-state index in [2.05, 4.69) is 4.98 Å². The Morgan fingerprint density at radius 3 is 2.70 bits per heavy atom. The number of aromatic nitrogens is 2. The van der Waals surface area contributed by atoms with E-state index < -0.39 is 21.5 Å². The maximum absolute atomic E-state index is 13.3. The van der Waals surface area contributed by atoms with E-state index in [0.29, 0.717) is 31.4 Å². The molecule has 9 heteroatoms. The number of nitrogens with one attached hydrogen (secondary N) is 1. The lowest BCUT2D eigenvalue weighted by atomic mass is 9.97. The van der Waals surface area contributed by atoms with E-state index >= 15 is 0 Å². The number of halogens is 1. The van der Waals surface area contributed by atoms with Crippen LogP contribution in [0.1, 0.15) is 30.5 Å². The highest BCUT2D eigenvalue weighted by atomic mass is 32.2. The number of benzene rings is 1. The van der Waals surface area contributed by atoms with Crippen molar-refractivity contribution in [3.63, 3.8) is 0 Å². The van der Waals surface area contributed by atoms with Crippen LogP contribution < -0.4 is 11.2 Å². The number of nitrogens with zero attached hydrogens (tertiary/aromatic N) is 2. The van der Waals surface area contributed by atoms with Crippen molar-refractivity contribution in [2.75, 3.05) is 13.6 Å². The van der Waals surface area contributed by atoms with E-state index in [4.69, 9.17) is 0 Å². The van der Waals surface area contributed by atoms with Crippen molar-refractivity contribution in [2.45, 2.75) is 43.5 Å².